The minimum Gasteiger partial charge on any atom is -0.461 e. The van der Waals surface area contributed by atoms with E-state index < -0.39 is 11.5 Å². The Balaban J connectivity index is 1.13. The van der Waals surface area contributed by atoms with E-state index in [0.717, 1.165) is 43.3 Å². The molecule has 12 nitrogen and oxygen atoms in total. The first-order chi connectivity index (χ1) is 17.5. The molecule has 0 spiro atoms. The van der Waals surface area contributed by atoms with Crippen molar-refractivity contribution in [1.29, 1.82) is 0 Å². The van der Waals surface area contributed by atoms with Crippen molar-refractivity contribution in [2.75, 3.05) is 54.8 Å². The highest BCUT2D eigenvalue weighted by molar-refractivity contribution is 8.00. The Kier molecular flexibility index (Phi) is 5.66. The fourth-order valence-electron chi connectivity index (χ4n) is 4.54. The Morgan fingerprint density at radius 2 is 1.89 bits per heavy atom. The highest BCUT2D eigenvalue weighted by Crippen LogP contribution is 2.44. The maximum absolute atomic E-state index is 11.3. The number of rotatable bonds is 6. The van der Waals surface area contributed by atoms with Crippen LogP contribution in [0.15, 0.2) is 52.0 Å². The highest BCUT2D eigenvalue weighted by atomic mass is 32.2. The van der Waals surface area contributed by atoms with Crippen molar-refractivity contribution in [2.24, 2.45) is 5.73 Å². The molecule has 1 amide bonds. The van der Waals surface area contributed by atoms with Crippen molar-refractivity contribution in [3.8, 4) is 11.6 Å². The van der Waals surface area contributed by atoms with Crippen molar-refractivity contribution in [1.82, 2.24) is 24.5 Å². The topological polar surface area (TPSA) is 155 Å². The number of piperazine rings is 1. The van der Waals surface area contributed by atoms with E-state index in [9.17, 15) is 9.90 Å². The van der Waals surface area contributed by atoms with Crippen LogP contribution < -0.4 is 21.3 Å². The Hall–Kier alpha value is -3.81. The van der Waals surface area contributed by atoms with Crippen LogP contribution in [-0.2, 0) is 0 Å². The number of aliphatic hydroxyl groups excluding tert-OH is 1. The van der Waals surface area contributed by atoms with E-state index in [4.69, 9.17) is 15.9 Å². The first-order valence-electron chi connectivity index (χ1n) is 11.6. The average molecular weight is 508 g/mol. The van der Waals surface area contributed by atoms with Gasteiger partial charge < -0.3 is 30.8 Å². The lowest BCUT2D eigenvalue weighted by Crippen LogP contribution is -2.49. The zero-order valence-corrected chi connectivity index (χ0v) is 20.1. The first kappa shape index (κ1) is 22.6. The molecule has 6 rings (SSSR count). The van der Waals surface area contributed by atoms with Gasteiger partial charge in [-0.05, 0) is 36.4 Å². The van der Waals surface area contributed by atoms with E-state index in [1.54, 1.807) is 30.5 Å². The minimum absolute atomic E-state index is 0.199. The predicted octanol–water partition coefficient (Wildman–Crippen LogP) is 1.08. The molecular formula is C23H25N9O3S. The van der Waals surface area contributed by atoms with Gasteiger partial charge in [0.1, 0.15) is 0 Å². The van der Waals surface area contributed by atoms with Gasteiger partial charge in [0, 0.05) is 50.5 Å². The van der Waals surface area contributed by atoms with Crippen LogP contribution in [0.25, 0.3) is 17.2 Å². The van der Waals surface area contributed by atoms with Gasteiger partial charge in [-0.25, -0.2) is 4.98 Å². The summed E-state index contributed by atoms with van der Waals surface area (Å²) in [6.45, 7) is 4.86. The number of amides is 1. The summed E-state index contributed by atoms with van der Waals surface area (Å²) in [4.78, 5) is 27.7. The molecule has 3 aromatic heterocycles. The molecule has 5 heterocycles. The van der Waals surface area contributed by atoms with Crippen LogP contribution in [-0.4, -0.2) is 80.3 Å². The number of hydrogen-bond acceptors (Lipinski definition) is 11. The lowest BCUT2D eigenvalue weighted by Gasteiger charge is -2.37. The molecule has 1 aromatic carbocycles. The Bertz CT molecular complexity index is 1400. The number of nitrogens with zero attached hydrogens (tertiary/aromatic N) is 7. The van der Waals surface area contributed by atoms with E-state index in [-0.39, 0.29) is 5.95 Å². The van der Waals surface area contributed by atoms with Gasteiger partial charge in [-0.2, -0.15) is 9.50 Å². The van der Waals surface area contributed by atoms with Gasteiger partial charge in [-0.3, -0.25) is 9.69 Å². The third-order valence-corrected chi connectivity index (χ3v) is 7.57. The summed E-state index contributed by atoms with van der Waals surface area (Å²) in [5.74, 6) is 1.34. The van der Waals surface area contributed by atoms with Crippen LogP contribution >= 0.6 is 11.8 Å². The molecule has 0 aliphatic carbocycles. The zero-order chi connectivity index (χ0) is 24.8. The van der Waals surface area contributed by atoms with Crippen molar-refractivity contribution >= 4 is 40.8 Å². The van der Waals surface area contributed by atoms with E-state index >= 15 is 0 Å². The Labute approximate surface area is 210 Å². The lowest BCUT2D eigenvalue weighted by molar-refractivity contribution is 0.100. The average Bonchev–Trinajstić information content (AvgIpc) is 3.63. The van der Waals surface area contributed by atoms with E-state index in [1.165, 1.54) is 16.3 Å². The number of benzene rings is 1. The number of nitrogens with two attached hydrogens (primary N) is 2. The van der Waals surface area contributed by atoms with E-state index in [1.807, 2.05) is 17.0 Å². The molecule has 13 heteroatoms. The van der Waals surface area contributed by atoms with Crippen molar-refractivity contribution in [3.05, 3.63) is 48.2 Å². The van der Waals surface area contributed by atoms with Crippen LogP contribution in [0, 0.1) is 0 Å². The van der Waals surface area contributed by atoms with Gasteiger partial charge in [0.05, 0.1) is 11.2 Å². The van der Waals surface area contributed by atoms with Crippen LogP contribution in [0.5, 0.6) is 0 Å². The maximum Gasteiger partial charge on any atom is 0.248 e. The number of hydrogen-bond donors (Lipinski definition) is 3. The van der Waals surface area contributed by atoms with Crippen LogP contribution in [0.2, 0.25) is 0 Å². The number of thioether (sulfide) groups is 1. The third kappa shape index (κ3) is 4.00. The smallest absolute Gasteiger partial charge is 0.248 e. The van der Waals surface area contributed by atoms with Crippen molar-refractivity contribution in [2.45, 2.75) is 10.5 Å². The molecule has 186 valence electrons. The number of carbonyl (C=O) groups is 1. The summed E-state index contributed by atoms with van der Waals surface area (Å²) in [5, 5.41) is 15.2. The number of nitrogen functional groups attached to an aromatic ring is 1. The molecule has 0 saturated carbocycles. The molecular weight excluding hydrogens is 482 g/mol. The van der Waals surface area contributed by atoms with Crippen molar-refractivity contribution in [3.63, 3.8) is 0 Å². The van der Waals surface area contributed by atoms with Gasteiger partial charge in [0.2, 0.25) is 17.7 Å². The van der Waals surface area contributed by atoms with E-state index in [0.29, 0.717) is 35.2 Å². The highest BCUT2D eigenvalue weighted by Gasteiger charge is 2.34. The molecule has 1 unspecified atom stereocenters. The molecule has 0 radical (unpaired) electrons. The quantitative estimate of drug-likeness (QED) is 0.343. The molecule has 5 N–H and O–H groups in total. The second kappa shape index (κ2) is 9.00. The summed E-state index contributed by atoms with van der Waals surface area (Å²) >= 11 is 1.29. The second-order valence-electron chi connectivity index (χ2n) is 8.65. The van der Waals surface area contributed by atoms with Gasteiger partial charge in [0.25, 0.3) is 0 Å². The number of carbonyl (C=O) groups excluding carboxylic acids is 1. The number of aromatic nitrogens is 4. The fourth-order valence-corrected chi connectivity index (χ4v) is 5.59. The van der Waals surface area contributed by atoms with Gasteiger partial charge in [0.15, 0.2) is 22.8 Å². The van der Waals surface area contributed by atoms with Crippen LogP contribution in [0.1, 0.15) is 10.4 Å². The summed E-state index contributed by atoms with van der Waals surface area (Å²) in [6.07, 6.45) is 1.56. The molecule has 1 fully saturated rings. The molecule has 2 aliphatic heterocycles. The molecule has 1 saturated heterocycles. The summed E-state index contributed by atoms with van der Waals surface area (Å²) in [5.41, 5.74) is 12.9. The second-order valence-corrected chi connectivity index (χ2v) is 9.71. The van der Waals surface area contributed by atoms with Gasteiger partial charge in [-0.1, -0.05) is 11.8 Å². The van der Waals surface area contributed by atoms with E-state index in [2.05, 4.69) is 24.9 Å². The minimum atomic E-state index is -0.785. The summed E-state index contributed by atoms with van der Waals surface area (Å²) in [6, 6.07) is 10.9. The fraction of sp³-hybridized carbons (Fsp3) is 0.304. The molecule has 1 atom stereocenters. The van der Waals surface area contributed by atoms with Crippen LogP contribution in [0.4, 0.5) is 17.5 Å². The normalized spacial score (nSPS) is 18.2. The number of primary amides is 1. The molecule has 36 heavy (non-hydrogen) atoms. The number of aliphatic hydroxyl groups is 1. The first-order valence-corrected chi connectivity index (χ1v) is 12.4. The number of furan rings is 1. The Morgan fingerprint density at radius 1 is 1.11 bits per heavy atom. The van der Waals surface area contributed by atoms with Gasteiger partial charge in [-0.15, -0.1) is 5.10 Å². The monoisotopic (exact) mass is 507 g/mol. The van der Waals surface area contributed by atoms with Crippen molar-refractivity contribution < 1.29 is 14.3 Å². The zero-order valence-electron chi connectivity index (χ0n) is 19.3. The predicted molar refractivity (Wildman–Crippen MR) is 136 cm³/mol. The standard InChI is InChI=1S/C23H25N9O3S/c24-18(33)14-3-5-15(6-4-14)30-10-7-29(8-11-30)9-12-31-20-17(36-23(31)34)21-26-19(16-2-1-13-35-16)28-32(21)22(25)27-20/h1-6,13,23,34H,7-12H2,(H2,24,33)(H2,25,27). The summed E-state index contributed by atoms with van der Waals surface area (Å²) in [7, 11) is 0. The SMILES string of the molecule is NC(=O)c1ccc(N2CCN(CCN3c4nc(N)n5nc(-c6ccco6)nc5c4SC3O)CC2)cc1. The number of anilines is 3. The lowest BCUT2D eigenvalue weighted by atomic mass is 10.1. The third-order valence-electron chi connectivity index (χ3n) is 6.50. The molecule has 0 bridgehead atoms. The van der Waals surface area contributed by atoms with Crippen LogP contribution in [0.3, 0.4) is 0 Å². The maximum atomic E-state index is 11.3. The molecule has 2 aliphatic rings. The largest absolute Gasteiger partial charge is 0.461 e. The molecule has 4 aromatic rings. The number of fused-ring (bicyclic) bond motifs is 3. The Morgan fingerprint density at radius 3 is 2.58 bits per heavy atom. The van der Waals surface area contributed by atoms with Gasteiger partial charge >= 0.3 is 0 Å². The summed E-state index contributed by atoms with van der Waals surface area (Å²) < 4.78 is 6.89.